The molecule has 1 aliphatic rings. The van der Waals surface area contributed by atoms with Gasteiger partial charge < -0.3 is 29.3 Å². The van der Waals surface area contributed by atoms with Gasteiger partial charge in [-0.25, -0.2) is 4.57 Å². The van der Waals surface area contributed by atoms with Crippen LogP contribution in [0.1, 0.15) is 155 Å². The van der Waals surface area contributed by atoms with E-state index in [-0.39, 0.29) is 19.4 Å². The first-order chi connectivity index (χ1) is 27.2. The maximum absolute atomic E-state index is 12.6. The Balaban J connectivity index is 2.30. The molecule has 1 heterocycles. The van der Waals surface area contributed by atoms with Crippen molar-refractivity contribution < 1.29 is 52.5 Å². The van der Waals surface area contributed by atoms with Crippen LogP contribution in [-0.4, -0.2) is 77.9 Å². The van der Waals surface area contributed by atoms with E-state index in [1.165, 1.54) is 38.5 Å². The van der Waals surface area contributed by atoms with E-state index in [0.29, 0.717) is 31.5 Å². The normalized spacial score (nSPS) is 18.1. The molecule has 12 heteroatoms. The van der Waals surface area contributed by atoms with E-state index in [1.807, 2.05) is 12.2 Å². The molecule has 56 heavy (non-hydrogen) atoms. The fraction of sp³-hybridized carbons (Fsp3) is 0.727. The Morgan fingerprint density at radius 3 is 1.80 bits per heavy atom. The number of hydrogen-bond donors (Lipinski definition) is 3. The molecule has 0 spiro atoms. The number of epoxide rings is 1. The molecular formula is C44H75O11P. The smallest absolute Gasteiger partial charge is 0.462 e. The summed E-state index contributed by atoms with van der Waals surface area (Å²) in [4.78, 5) is 35.0. The van der Waals surface area contributed by atoms with Gasteiger partial charge in [-0.2, -0.15) is 0 Å². The molecule has 1 fully saturated rings. The lowest BCUT2D eigenvalue weighted by molar-refractivity contribution is -0.161. The van der Waals surface area contributed by atoms with Crippen molar-refractivity contribution >= 4 is 19.8 Å². The first-order valence-corrected chi connectivity index (χ1v) is 22.9. The fourth-order valence-corrected chi connectivity index (χ4v) is 6.44. The van der Waals surface area contributed by atoms with Crippen molar-refractivity contribution in [1.29, 1.82) is 0 Å². The second-order valence-electron chi connectivity index (χ2n) is 14.4. The number of ether oxygens (including phenoxy) is 3. The van der Waals surface area contributed by atoms with E-state index >= 15 is 0 Å². The first kappa shape index (κ1) is 51.6. The van der Waals surface area contributed by atoms with Gasteiger partial charge in [0.15, 0.2) is 6.10 Å². The molecule has 3 N–H and O–H groups in total. The molecule has 5 atom stereocenters. The Morgan fingerprint density at radius 2 is 1.16 bits per heavy atom. The number of allylic oxidation sites excluding steroid dienone is 8. The van der Waals surface area contributed by atoms with Crippen molar-refractivity contribution in [3.63, 3.8) is 0 Å². The summed E-state index contributed by atoms with van der Waals surface area (Å²) in [6, 6.07) is 0. The monoisotopic (exact) mass is 811 g/mol. The van der Waals surface area contributed by atoms with Crippen molar-refractivity contribution in [1.82, 2.24) is 0 Å². The van der Waals surface area contributed by atoms with Crippen LogP contribution in [0.15, 0.2) is 60.8 Å². The third-order valence-electron chi connectivity index (χ3n) is 9.06. The summed E-state index contributed by atoms with van der Waals surface area (Å²) in [6.45, 7) is 2.16. The summed E-state index contributed by atoms with van der Waals surface area (Å²) in [5.41, 5.74) is 0. The average molecular weight is 811 g/mol. The fourth-order valence-electron chi connectivity index (χ4n) is 5.65. The predicted molar refractivity (Wildman–Crippen MR) is 223 cm³/mol. The highest BCUT2D eigenvalue weighted by molar-refractivity contribution is 7.47. The van der Waals surface area contributed by atoms with Crippen LogP contribution in [0.4, 0.5) is 0 Å². The Labute approximate surface area is 338 Å². The van der Waals surface area contributed by atoms with E-state index in [4.69, 9.17) is 23.8 Å². The zero-order valence-electron chi connectivity index (χ0n) is 34.5. The topological polar surface area (TPSA) is 161 Å². The second-order valence-corrected chi connectivity index (χ2v) is 15.8. The summed E-state index contributed by atoms with van der Waals surface area (Å²) < 4.78 is 38.3. The zero-order valence-corrected chi connectivity index (χ0v) is 35.4. The SMILES string of the molecule is CC/C=C\CC1OC1C/C=C\C/C=C\C/C=C\CCCC(=O)OC(COC(=O)CCCCCCC/C=C\CCCCCCCC)COP(=O)(O)OCC(O)CO. The number of aliphatic hydroxyl groups is 2. The molecule has 0 aromatic carbocycles. The van der Waals surface area contributed by atoms with Crippen LogP contribution >= 0.6 is 7.82 Å². The maximum atomic E-state index is 12.6. The third-order valence-corrected chi connectivity index (χ3v) is 10.0. The summed E-state index contributed by atoms with van der Waals surface area (Å²) in [5.74, 6) is -1.01. The molecule has 0 aliphatic carbocycles. The summed E-state index contributed by atoms with van der Waals surface area (Å²) in [6.07, 6.45) is 40.9. The van der Waals surface area contributed by atoms with Crippen molar-refractivity contribution in [3.8, 4) is 0 Å². The van der Waals surface area contributed by atoms with E-state index in [9.17, 15) is 24.2 Å². The number of aliphatic hydroxyl groups excluding tert-OH is 2. The minimum Gasteiger partial charge on any atom is -0.462 e. The van der Waals surface area contributed by atoms with Gasteiger partial charge in [0.05, 0.1) is 32.0 Å². The van der Waals surface area contributed by atoms with E-state index in [2.05, 4.69) is 67.0 Å². The van der Waals surface area contributed by atoms with Gasteiger partial charge in [-0.05, 0) is 77.0 Å². The Kier molecular flexibility index (Phi) is 33.0. The second kappa shape index (κ2) is 35.8. The summed E-state index contributed by atoms with van der Waals surface area (Å²) in [7, 11) is -4.64. The lowest BCUT2D eigenvalue weighted by Crippen LogP contribution is -2.29. The minimum absolute atomic E-state index is 0.0980. The van der Waals surface area contributed by atoms with Crippen LogP contribution in [0, 0.1) is 0 Å². The Morgan fingerprint density at radius 1 is 0.643 bits per heavy atom. The molecule has 1 rings (SSSR count). The molecular weight excluding hydrogens is 735 g/mol. The Bertz CT molecular complexity index is 1180. The number of phosphoric acid groups is 1. The summed E-state index contributed by atoms with van der Waals surface area (Å²) >= 11 is 0. The highest BCUT2D eigenvalue weighted by Crippen LogP contribution is 2.43. The van der Waals surface area contributed by atoms with Crippen LogP contribution in [0.5, 0.6) is 0 Å². The van der Waals surface area contributed by atoms with Gasteiger partial charge in [-0.1, -0.05) is 126 Å². The Hall–Kier alpha value is -2.37. The largest absolute Gasteiger partial charge is 0.472 e. The van der Waals surface area contributed by atoms with Crippen LogP contribution in [0.2, 0.25) is 0 Å². The number of rotatable bonds is 38. The van der Waals surface area contributed by atoms with Crippen molar-refractivity contribution in [2.45, 2.75) is 180 Å². The van der Waals surface area contributed by atoms with E-state index < -0.39 is 51.8 Å². The molecule has 0 aromatic rings. The number of carbonyl (C=O) groups excluding carboxylic acids is 2. The van der Waals surface area contributed by atoms with Gasteiger partial charge in [-0.15, -0.1) is 0 Å². The van der Waals surface area contributed by atoms with Crippen molar-refractivity contribution in [2.24, 2.45) is 0 Å². The first-order valence-electron chi connectivity index (χ1n) is 21.4. The molecule has 1 aliphatic heterocycles. The predicted octanol–water partition coefficient (Wildman–Crippen LogP) is 10.1. The highest BCUT2D eigenvalue weighted by atomic mass is 31.2. The van der Waals surface area contributed by atoms with Crippen LogP contribution < -0.4 is 0 Å². The van der Waals surface area contributed by atoms with Crippen LogP contribution in [0.25, 0.3) is 0 Å². The highest BCUT2D eigenvalue weighted by Gasteiger charge is 2.36. The van der Waals surface area contributed by atoms with Crippen molar-refractivity contribution in [3.05, 3.63) is 60.8 Å². The quantitative estimate of drug-likeness (QED) is 0.0179. The van der Waals surface area contributed by atoms with Gasteiger partial charge in [0.1, 0.15) is 12.7 Å². The molecule has 0 bridgehead atoms. The molecule has 5 unspecified atom stereocenters. The lowest BCUT2D eigenvalue weighted by Gasteiger charge is -2.20. The maximum Gasteiger partial charge on any atom is 0.472 e. The average Bonchev–Trinajstić information content (AvgIpc) is 3.94. The molecule has 0 radical (unpaired) electrons. The van der Waals surface area contributed by atoms with Gasteiger partial charge in [-0.3, -0.25) is 18.6 Å². The van der Waals surface area contributed by atoms with Gasteiger partial charge in [0, 0.05) is 12.8 Å². The number of phosphoric ester groups is 1. The standard InChI is InChI=1S/C44H75O11P/c1-3-5-7-8-9-10-11-12-13-14-15-19-22-25-29-33-43(47)51-37-40(38-53-56(49,50)52-36-39(46)35-45)54-44(48)34-30-26-23-20-17-16-18-21-24-28-32-42-41(55-42)31-27-6-4-2/h6,12-13,16,18,20,23-24,27-28,39-42,45-46H,3-5,7-11,14-15,17,19,21-22,25-26,29-38H2,1-2H3,(H,49,50)/b13-12-,18-16-,23-20-,27-6-,28-24-. The van der Waals surface area contributed by atoms with Gasteiger partial charge in [0.25, 0.3) is 0 Å². The number of carbonyl (C=O) groups is 2. The lowest BCUT2D eigenvalue weighted by atomic mass is 10.1. The molecule has 1 saturated heterocycles. The molecule has 0 saturated carbocycles. The molecule has 322 valence electrons. The third kappa shape index (κ3) is 32.7. The van der Waals surface area contributed by atoms with Crippen molar-refractivity contribution in [2.75, 3.05) is 26.4 Å². The molecule has 11 nitrogen and oxygen atoms in total. The van der Waals surface area contributed by atoms with Crippen LogP contribution in [0.3, 0.4) is 0 Å². The molecule has 0 amide bonds. The minimum atomic E-state index is -4.64. The van der Waals surface area contributed by atoms with Gasteiger partial charge in [0.2, 0.25) is 0 Å². The number of unbranched alkanes of at least 4 members (excludes halogenated alkanes) is 12. The van der Waals surface area contributed by atoms with Crippen LogP contribution in [-0.2, 0) is 37.4 Å². The number of hydrogen-bond acceptors (Lipinski definition) is 10. The zero-order chi connectivity index (χ0) is 41.0. The number of esters is 2. The molecule has 0 aromatic heterocycles. The van der Waals surface area contributed by atoms with E-state index in [0.717, 1.165) is 70.6 Å². The van der Waals surface area contributed by atoms with E-state index in [1.54, 1.807) is 0 Å². The summed E-state index contributed by atoms with van der Waals surface area (Å²) in [5, 5.41) is 18.3. The van der Waals surface area contributed by atoms with Gasteiger partial charge >= 0.3 is 19.8 Å².